The van der Waals surface area contributed by atoms with Crippen LogP contribution in [0.1, 0.15) is 35.0 Å². The van der Waals surface area contributed by atoms with Crippen molar-refractivity contribution < 1.29 is 28.3 Å². The third-order valence-electron chi connectivity index (χ3n) is 5.52. The van der Waals surface area contributed by atoms with Gasteiger partial charge in [0.05, 0.1) is 37.1 Å². The molecule has 0 spiro atoms. The minimum Gasteiger partial charge on any atom is -0.467 e. The average molecular weight is 476 g/mol. The highest BCUT2D eigenvalue weighted by molar-refractivity contribution is 6.22. The maximum Gasteiger partial charge on any atom is 0.338 e. The zero-order valence-corrected chi connectivity index (χ0v) is 19.4. The Morgan fingerprint density at radius 2 is 1.86 bits per heavy atom. The highest BCUT2D eigenvalue weighted by Gasteiger charge is 2.47. The van der Waals surface area contributed by atoms with E-state index in [4.69, 9.17) is 9.15 Å². The van der Waals surface area contributed by atoms with Crippen LogP contribution in [0.15, 0.2) is 71.3 Å². The van der Waals surface area contributed by atoms with E-state index in [1.165, 1.54) is 17.2 Å². The quantitative estimate of drug-likeness (QED) is 0.388. The molecule has 1 aliphatic heterocycles. The highest BCUT2D eigenvalue weighted by Crippen LogP contribution is 2.29. The molecule has 0 radical (unpaired) electrons. The number of urea groups is 1. The first-order valence-corrected chi connectivity index (χ1v) is 11.2. The zero-order valence-electron chi connectivity index (χ0n) is 19.4. The Labute approximate surface area is 202 Å². The molecule has 0 saturated carbocycles. The molecule has 0 aliphatic carbocycles. The number of hydrogen-bond acceptors (Lipinski definition) is 6. The molecule has 1 saturated heterocycles. The molecule has 9 heteroatoms. The van der Waals surface area contributed by atoms with Gasteiger partial charge in [0.15, 0.2) is 0 Å². The summed E-state index contributed by atoms with van der Waals surface area (Å²) < 4.78 is 10.4. The summed E-state index contributed by atoms with van der Waals surface area (Å²) in [5, 5.41) is 2.71. The van der Waals surface area contributed by atoms with E-state index in [-0.39, 0.29) is 19.6 Å². The van der Waals surface area contributed by atoms with E-state index < -0.39 is 29.9 Å². The number of furan rings is 1. The third kappa shape index (κ3) is 5.24. The standard InChI is InChI=1S/C26H25N3O6/c1-3-34-25(32)18-8-5-9-19(14-18)27-23(30)15-22-24(31)29(20-10-4-7-17(2)13-20)26(33)28(22)16-21-11-6-12-35-21/h4-14,22H,3,15-16H2,1-2H3,(H,27,30)/t22-/m1/s1. The van der Waals surface area contributed by atoms with Gasteiger partial charge in [-0.05, 0) is 61.9 Å². The van der Waals surface area contributed by atoms with Crippen molar-refractivity contribution >= 4 is 35.2 Å². The lowest BCUT2D eigenvalue weighted by Crippen LogP contribution is -2.37. The molecule has 35 heavy (non-hydrogen) atoms. The number of nitrogens with one attached hydrogen (secondary N) is 1. The van der Waals surface area contributed by atoms with Gasteiger partial charge in [-0.1, -0.05) is 18.2 Å². The smallest absolute Gasteiger partial charge is 0.338 e. The van der Waals surface area contributed by atoms with Crippen LogP contribution >= 0.6 is 0 Å². The molecule has 2 heterocycles. The molecule has 0 bridgehead atoms. The Balaban J connectivity index is 1.55. The Kier molecular flexibility index (Phi) is 6.96. The number of anilines is 2. The summed E-state index contributed by atoms with van der Waals surface area (Å²) >= 11 is 0. The van der Waals surface area contributed by atoms with E-state index in [0.29, 0.717) is 22.7 Å². The van der Waals surface area contributed by atoms with E-state index in [2.05, 4.69) is 5.32 Å². The van der Waals surface area contributed by atoms with E-state index in [0.717, 1.165) is 10.5 Å². The summed E-state index contributed by atoms with van der Waals surface area (Å²) in [7, 11) is 0. The molecule has 1 fully saturated rings. The first-order valence-electron chi connectivity index (χ1n) is 11.2. The van der Waals surface area contributed by atoms with Gasteiger partial charge in [-0.15, -0.1) is 0 Å². The first kappa shape index (κ1) is 23.7. The lowest BCUT2D eigenvalue weighted by Gasteiger charge is -2.20. The lowest BCUT2D eigenvalue weighted by atomic mass is 10.1. The van der Waals surface area contributed by atoms with Gasteiger partial charge in [-0.25, -0.2) is 14.5 Å². The fourth-order valence-corrected chi connectivity index (χ4v) is 3.91. The predicted molar refractivity (Wildman–Crippen MR) is 128 cm³/mol. The summed E-state index contributed by atoms with van der Waals surface area (Å²) in [5.41, 5.74) is 2.00. The molecule has 4 amide bonds. The fraction of sp³-hybridized carbons (Fsp3) is 0.231. The zero-order chi connectivity index (χ0) is 24.9. The SMILES string of the molecule is CCOC(=O)c1cccc(NC(=O)C[C@@H]2C(=O)N(c3cccc(C)c3)C(=O)N2Cc2ccco2)c1. The van der Waals surface area contributed by atoms with Crippen LogP contribution in [-0.2, 0) is 20.9 Å². The topological polar surface area (TPSA) is 109 Å². The number of carbonyl (C=O) groups excluding carboxylic acids is 4. The van der Waals surface area contributed by atoms with Crippen molar-refractivity contribution in [1.82, 2.24) is 4.90 Å². The van der Waals surface area contributed by atoms with Gasteiger partial charge >= 0.3 is 12.0 Å². The number of carbonyl (C=O) groups is 4. The highest BCUT2D eigenvalue weighted by atomic mass is 16.5. The van der Waals surface area contributed by atoms with Crippen LogP contribution in [0.4, 0.5) is 16.2 Å². The number of rotatable bonds is 8. The fourth-order valence-electron chi connectivity index (χ4n) is 3.91. The number of aryl methyl sites for hydroxylation is 1. The van der Waals surface area contributed by atoms with Crippen molar-refractivity contribution in [1.29, 1.82) is 0 Å². The minimum absolute atomic E-state index is 0.0379. The van der Waals surface area contributed by atoms with Gasteiger partial charge in [0, 0.05) is 5.69 Å². The number of esters is 1. The number of amides is 4. The Morgan fingerprint density at radius 3 is 2.57 bits per heavy atom. The van der Waals surface area contributed by atoms with Crippen molar-refractivity contribution in [3.63, 3.8) is 0 Å². The number of nitrogens with zero attached hydrogens (tertiary/aromatic N) is 2. The summed E-state index contributed by atoms with van der Waals surface area (Å²) in [5.74, 6) is -0.987. The maximum atomic E-state index is 13.4. The van der Waals surface area contributed by atoms with Crippen LogP contribution < -0.4 is 10.2 Å². The number of imide groups is 1. The van der Waals surface area contributed by atoms with E-state index in [1.54, 1.807) is 55.5 Å². The molecule has 0 unspecified atom stereocenters. The van der Waals surface area contributed by atoms with Gasteiger partial charge in [0.1, 0.15) is 11.8 Å². The third-order valence-corrected chi connectivity index (χ3v) is 5.52. The minimum atomic E-state index is -1.03. The summed E-state index contributed by atoms with van der Waals surface area (Å²) in [6.45, 7) is 3.84. The van der Waals surface area contributed by atoms with Gasteiger partial charge < -0.3 is 19.4 Å². The maximum absolute atomic E-state index is 13.4. The van der Waals surface area contributed by atoms with Crippen molar-refractivity contribution in [2.45, 2.75) is 32.9 Å². The van der Waals surface area contributed by atoms with Crippen LogP contribution in [0.5, 0.6) is 0 Å². The van der Waals surface area contributed by atoms with Crippen LogP contribution in [0.2, 0.25) is 0 Å². The van der Waals surface area contributed by atoms with Crippen molar-refractivity contribution in [3.05, 3.63) is 83.8 Å². The van der Waals surface area contributed by atoms with E-state index in [9.17, 15) is 19.2 Å². The van der Waals surface area contributed by atoms with E-state index >= 15 is 0 Å². The summed E-state index contributed by atoms with van der Waals surface area (Å²) in [6, 6.07) is 15.2. The molecular formula is C26H25N3O6. The van der Waals surface area contributed by atoms with Crippen LogP contribution in [-0.4, -0.2) is 41.4 Å². The van der Waals surface area contributed by atoms with Gasteiger partial charge in [0.25, 0.3) is 5.91 Å². The second-order valence-corrected chi connectivity index (χ2v) is 8.07. The Morgan fingerprint density at radius 1 is 1.06 bits per heavy atom. The number of hydrogen-bond donors (Lipinski definition) is 1. The molecule has 2 aromatic carbocycles. The van der Waals surface area contributed by atoms with E-state index in [1.807, 2.05) is 13.0 Å². The average Bonchev–Trinajstić information content (AvgIpc) is 3.42. The molecule has 9 nitrogen and oxygen atoms in total. The monoisotopic (exact) mass is 475 g/mol. The van der Waals surface area contributed by atoms with Crippen LogP contribution in [0.25, 0.3) is 0 Å². The molecule has 1 atom stereocenters. The summed E-state index contributed by atoms with van der Waals surface area (Å²) in [6.07, 6.45) is 1.21. The van der Waals surface area contributed by atoms with Crippen LogP contribution in [0.3, 0.4) is 0 Å². The van der Waals surface area contributed by atoms with Crippen LogP contribution in [0, 0.1) is 6.92 Å². The molecule has 1 aliphatic rings. The molecule has 3 aromatic rings. The number of benzene rings is 2. The Hall–Kier alpha value is -4.40. The van der Waals surface area contributed by atoms with Crippen molar-refractivity contribution in [2.24, 2.45) is 0 Å². The predicted octanol–water partition coefficient (Wildman–Crippen LogP) is 4.13. The van der Waals surface area contributed by atoms with Crippen molar-refractivity contribution in [2.75, 3.05) is 16.8 Å². The largest absolute Gasteiger partial charge is 0.467 e. The van der Waals surface area contributed by atoms with Crippen molar-refractivity contribution in [3.8, 4) is 0 Å². The number of ether oxygens (including phenoxy) is 1. The normalized spacial score (nSPS) is 15.4. The molecule has 180 valence electrons. The first-order chi connectivity index (χ1) is 16.9. The van der Waals surface area contributed by atoms with Gasteiger partial charge in [-0.3, -0.25) is 9.59 Å². The second-order valence-electron chi connectivity index (χ2n) is 8.07. The second kappa shape index (κ2) is 10.3. The lowest BCUT2D eigenvalue weighted by molar-refractivity contribution is -0.124. The Bertz CT molecular complexity index is 1250. The molecule has 4 rings (SSSR count). The molecular weight excluding hydrogens is 450 g/mol. The summed E-state index contributed by atoms with van der Waals surface area (Å²) in [4.78, 5) is 54.0. The molecule has 1 N–H and O–H groups in total. The van der Waals surface area contributed by atoms with Gasteiger partial charge in [0.2, 0.25) is 5.91 Å². The van der Waals surface area contributed by atoms with Gasteiger partial charge in [-0.2, -0.15) is 0 Å². The molecule has 1 aromatic heterocycles.